The molecule has 1 saturated heterocycles. The molecule has 4 aliphatic carbocycles. The first-order chi connectivity index (χ1) is 16.9. The Labute approximate surface area is 209 Å². The van der Waals surface area contributed by atoms with Crippen LogP contribution >= 0.6 is 0 Å². The fraction of sp³-hybridized carbons (Fsp3) is 0.690. The molecule has 1 aliphatic heterocycles. The van der Waals surface area contributed by atoms with E-state index in [0.717, 1.165) is 41.8 Å². The van der Waals surface area contributed by atoms with Crippen LogP contribution in [0.5, 0.6) is 0 Å². The third kappa shape index (κ3) is 5.63. The van der Waals surface area contributed by atoms with Crippen LogP contribution in [0.3, 0.4) is 0 Å². The average molecular weight is 480 g/mol. The number of hydrogen-bond donors (Lipinski definition) is 2. The molecule has 4 saturated carbocycles. The molecule has 35 heavy (non-hydrogen) atoms. The van der Waals surface area contributed by atoms with E-state index in [1.54, 1.807) is 0 Å². The molecule has 6 heteroatoms. The van der Waals surface area contributed by atoms with Crippen LogP contribution in [0.15, 0.2) is 24.3 Å². The molecule has 0 aromatic heterocycles. The summed E-state index contributed by atoms with van der Waals surface area (Å²) in [5.74, 6) is 2.30. The number of carbonyl (C=O) groups is 3. The van der Waals surface area contributed by atoms with Gasteiger partial charge in [0.1, 0.15) is 0 Å². The Morgan fingerprint density at radius 3 is 2.23 bits per heavy atom. The molecule has 0 radical (unpaired) electrons. The predicted molar refractivity (Wildman–Crippen MR) is 137 cm³/mol. The van der Waals surface area contributed by atoms with E-state index in [9.17, 15) is 14.4 Å². The molecule has 4 bridgehead atoms. The van der Waals surface area contributed by atoms with Crippen molar-refractivity contribution >= 4 is 23.4 Å². The van der Waals surface area contributed by atoms with Gasteiger partial charge in [0.25, 0.3) is 0 Å². The van der Waals surface area contributed by atoms with Crippen molar-refractivity contribution in [3.8, 4) is 0 Å². The highest BCUT2D eigenvalue weighted by atomic mass is 16.2. The molecular formula is C29H41N3O3. The summed E-state index contributed by atoms with van der Waals surface area (Å²) in [5, 5.41) is 5.37. The number of imide groups is 1. The molecule has 3 amide bonds. The number of anilines is 1. The molecular weight excluding hydrogens is 438 g/mol. The number of rotatable bonds is 10. The topological polar surface area (TPSA) is 78.5 Å². The minimum atomic E-state index is -0.292. The number of nitrogens with zero attached hydrogens (tertiary/aromatic N) is 1. The SMILES string of the molecule is CN(CCCCCCC(=O)Nc1ccc(C2CCC(=O)NC2=O)cc1)C12CC3CC(CC(C3)C1)C2. The zero-order chi connectivity index (χ0) is 24.4. The highest BCUT2D eigenvalue weighted by Gasteiger charge is 2.52. The maximum atomic E-state index is 12.4. The van der Waals surface area contributed by atoms with Gasteiger partial charge < -0.3 is 10.2 Å². The summed E-state index contributed by atoms with van der Waals surface area (Å²) >= 11 is 0. The molecule has 1 heterocycles. The second-order valence-corrected chi connectivity index (χ2v) is 11.9. The van der Waals surface area contributed by atoms with Crippen LogP contribution in [0.2, 0.25) is 0 Å². The Hall–Kier alpha value is -2.21. The highest BCUT2D eigenvalue weighted by molar-refractivity contribution is 6.01. The van der Waals surface area contributed by atoms with Gasteiger partial charge in [0.15, 0.2) is 0 Å². The van der Waals surface area contributed by atoms with Crippen LogP contribution in [0.25, 0.3) is 0 Å². The smallest absolute Gasteiger partial charge is 0.234 e. The quantitative estimate of drug-likeness (QED) is 0.366. The molecule has 1 aromatic carbocycles. The molecule has 6 nitrogen and oxygen atoms in total. The first-order valence-corrected chi connectivity index (χ1v) is 13.8. The minimum Gasteiger partial charge on any atom is -0.326 e. The number of piperidine rings is 1. The average Bonchev–Trinajstić information content (AvgIpc) is 2.81. The van der Waals surface area contributed by atoms with E-state index >= 15 is 0 Å². The Kier molecular flexibility index (Phi) is 7.29. The lowest BCUT2D eigenvalue weighted by molar-refractivity contribution is -0.134. The third-order valence-electron chi connectivity index (χ3n) is 9.30. The number of carbonyl (C=O) groups excluding carboxylic acids is 3. The number of nitrogens with one attached hydrogen (secondary N) is 2. The number of unbranched alkanes of at least 4 members (excludes halogenated alkanes) is 3. The van der Waals surface area contributed by atoms with Crippen molar-refractivity contribution in [3.05, 3.63) is 29.8 Å². The van der Waals surface area contributed by atoms with Crippen molar-refractivity contribution in [2.24, 2.45) is 17.8 Å². The summed E-state index contributed by atoms with van der Waals surface area (Å²) in [6.45, 7) is 1.19. The van der Waals surface area contributed by atoms with E-state index in [0.29, 0.717) is 24.8 Å². The van der Waals surface area contributed by atoms with Crippen LogP contribution < -0.4 is 10.6 Å². The van der Waals surface area contributed by atoms with E-state index in [-0.39, 0.29) is 23.6 Å². The van der Waals surface area contributed by atoms with Gasteiger partial charge in [-0.1, -0.05) is 25.0 Å². The van der Waals surface area contributed by atoms with Crippen LogP contribution in [0.4, 0.5) is 5.69 Å². The van der Waals surface area contributed by atoms with E-state index in [1.807, 2.05) is 24.3 Å². The van der Waals surface area contributed by atoms with Crippen LogP contribution in [-0.2, 0) is 14.4 Å². The van der Waals surface area contributed by atoms with Gasteiger partial charge in [0.05, 0.1) is 5.92 Å². The summed E-state index contributed by atoms with van der Waals surface area (Å²) < 4.78 is 0. The molecule has 1 unspecified atom stereocenters. The van der Waals surface area contributed by atoms with Crippen LogP contribution in [-0.4, -0.2) is 41.8 Å². The standard InChI is InChI=1S/C29H41N3O3/c1-32(29-17-20-14-21(18-29)16-22(15-20)19-29)13-5-3-2-4-6-26(33)30-24-9-7-23(8-10-24)25-11-12-27(34)31-28(25)35/h7-10,20-22,25H,2-6,11-19H2,1H3,(H,30,33)(H,31,34,35). The van der Waals surface area contributed by atoms with Crippen molar-refractivity contribution in [2.45, 2.75) is 94.9 Å². The van der Waals surface area contributed by atoms with Crippen LogP contribution in [0.1, 0.15) is 95.0 Å². The van der Waals surface area contributed by atoms with Gasteiger partial charge in [-0.3, -0.25) is 19.7 Å². The number of benzene rings is 1. The Balaban J connectivity index is 0.975. The Bertz CT molecular complexity index is 906. The largest absolute Gasteiger partial charge is 0.326 e. The van der Waals surface area contributed by atoms with Crippen molar-refractivity contribution in [2.75, 3.05) is 18.9 Å². The Morgan fingerprint density at radius 1 is 0.971 bits per heavy atom. The van der Waals surface area contributed by atoms with Gasteiger partial charge in [0.2, 0.25) is 17.7 Å². The maximum absolute atomic E-state index is 12.4. The van der Waals surface area contributed by atoms with Gasteiger partial charge >= 0.3 is 0 Å². The monoisotopic (exact) mass is 479 g/mol. The summed E-state index contributed by atoms with van der Waals surface area (Å²) in [6, 6.07) is 7.43. The lowest BCUT2D eigenvalue weighted by atomic mass is 9.52. The summed E-state index contributed by atoms with van der Waals surface area (Å²) in [6.07, 6.45) is 14.7. The van der Waals surface area contributed by atoms with E-state index in [2.05, 4.69) is 22.6 Å². The second kappa shape index (κ2) is 10.4. The molecule has 5 aliphatic rings. The summed E-state index contributed by atoms with van der Waals surface area (Å²) in [4.78, 5) is 38.4. The highest BCUT2D eigenvalue weighted by Crippen LogP contribution is 2.57. The maximum Gasteiger partial charge on any atom is 0.234 e. The van der Waals surface area contributed by atoms with Crippen molar-refractivity contribution in [1.29, 1.82) is 0 Å². The molecule has 190 valence electrons. The molecule has 5 fully saturated rings. The van der Waals surface area contributed by atoms with Gasteiger partial charge in [-0.2, -0.15) is 0 Å². The number of amides is 3. The van der Waals surface area contributed by atoms with Crippen molar-refractivity contribution < 1.29 is 14.4 Å². The first kappa shape index (κ1) is 24.5. The lowest BCUT2D eigenvalue weighted by Gasteiger charge is -2.60. The fourth-order valence-electron chi connectivity index (χ4n) is 7.79. The van der Waals surface area contributed by atoms with Gasteiger partial charge in [-0.15, -0.1) is 0 Å². The van der Waals surface area contributed by atoms with Crippen molar-refractivity contribution in [1.82, 2.24) is 10.2 Å². The zero-order valence-electron chi connectivity index (χ0n) is 21.2. The third-order valence-corrected chi connectivity index (χ3v) is 9.30. The van der Waals surface area contributed by atoms with E-state index in [4.69, 9.17) is 0 Å². The van der Waals surface area contributed by atoms with Crippen molar-refractivity contribution in [3.63, 3.8) is 0 Å². The van der Waals surface area contributed by atoms with E-state index < -0.39 is 0 Å². The predicted octanol–water partition coefficient (Wildman–Crippen LogP) is 5.00. The molecule has 6 rings (SSSR count). The first-order valence-electron chi connectivity index (χ1n) is 13.8. The lowest BCUT2D eigenvalue weighted by Crippen LogP contribution is -2.58. The van der Waals surface area contributed by atoms with Gasteiger partial charge in [0, 0.05) is 24.1 Å². The molecule has 1 atom stereocenters. The van der Waals surface area contributed by atoms with Gasteiger partial charge in [-0.25, -0.2) is 0 Å². The Morgan fingerprint density at radius 2 is 1.60 bits per heavy atom. The van der Waals surface area contributed by atoms with Crippen LogP contribution in [0, 0.1) is 17.8 Å². The molecule has 0 spiro atoms. The van der Waals surface area contributed by atoms with Gasteiger partial charge in [-0.05, 0) is 107 Å². The fourth-order valence-corrected chi connectivity index (χ4v) is 7.79. The molecule has 2 N–H and O–H groups in total. The molecule has 1 aromatic rings. The second-order valence-electron chi connectivity index (χ2n) is 11.9. The minimum absolute atomic E-state index is 0.0458. The summed E-state index contributed by atoms with van der Waals surface area (Å²) in [7, 11) is 2.37. The zero-order valence-corrected chi connectivity index (χ0v) is 21.2. The van der Waals surface area contributed by atoms with E-state index in [1.165, 1.54) is 57.9 Å². The number of hydrogen-bond acceptors (Lipinski definition) is 4. The summed E-state index contributed by atoms with van der Waals surface area (Å²) in [5.41, 5.74) is 2.14. The normalized spacial score (nSPS) is 31.6.